The molecule has 1 aliphatic rings. The van der Waals surface area contributed by atoms with Gasteiger partial charge in [0, 0.05) is 40.1 Å². The van der Waals surface area contributed by atoms with E-state index in [9.17, 15) is 4.79 Å². The van der Waals surface area contributed by atoms with Crippen molar-refractivity contribution in [2.24, 2.45) is 0 Å². The van der Waals surface area contributed by atoms with Crippen LogP contribution in [0.3, 0.4) is 0 Å². The van der Waals surface area contributed by atoms with E-state index in [2.05, 4.69) is 36.0 Å². The second-order valence-corrected chi connectivity index (χ2v) is 9.30. The average molecular weight is 376 g/mol. The largest absolute Gasteiger partial charge is 0.298 e. The molecule has 2 heterocycles. The molecule has 0 saturated carbocycles. The van der Waals surface area contributed by atoms with Crippen LogP contribution in [0.5, 0.6) is 0 Å². The zero-order valence-corrected chi connectivity index (χ0v) is 16.7. The molecule has 1 amide bonds. The molecule has 0 saturated heterocycles. The molecular weight excluding hydrogens is 350 g/mol. The number of carbonyl (C=O) groups is 1. The molecular formula is C19H25N3OS2. The summed E-state index contributed by atoms with van der Waals surface area (Å²) in [5.74, 6) is -0.0808. The number of aromatic nitrogens is 1. The zero-order chi connectivity index (χ0) is 17.8. The first-order valence-electron chi connectivity index (χ1n) is 8.84. The highest BCUT2D eigenvalue weighted by atomic mass is 32.2. The summed E-state index contributed by atoms with van der Waals surface area (Å²) in [7, 11) is 0. The maximum Gasteiger partial charge on any atom is 0.257 e. The van der Waals surface area contributed by atoms with E-state index < -0.39 is 0 Å². The first-order chi connectivity index (χ1) is 12.0. The molecule has 1 aromatic heterocycles. The number of amides is 1. The number of hydrogen-bond donors (Lipinski definition) is 1. The molecule has 3 rings (SSSR count). The van der Waals surface area contributed by atoms with Crippen LogP contribution >= 0.6 is 23.1 Å². The van der Waals surface area contributed by atoms with Crippen LogP contribution < -0.4 is 5.32 Å². The second kappa shape index (κ2) is 8.34. The fraction of sp³-hybridized carbons (Fsp3) is 0.474. The molecule has 0 fully saturated rings. The number of fused-ring (bicyclic) bond motifs is 1. The first kappa shape index (κ1) is 18.4. The standard InChI is InChI=1S/C19H25N3OS2/c1-4-9-22-10-8-16-17(12-22)25-19(20-16)21-18(23)14-6-5-7-15(11-14)24-13(2)3/h5-7,11,13H,4,8-10,12H2,1-3H3,(H,20,21,23). The maximum absolute atomic E-state index is 12.6. The minimum absolute atomic E-state index is 0.0808. The van der Waals surface area contributed by atoms with Crippen molar-refractivity contribution in [2.75, 3.05) is 18.4 Å². The molecule has 0 spiro atoms. The van der Waals surface area contributed by atoms with Gasteiger partial charge in [-0.1, -0.05) is 26.8 Å². The number of benzene rings is 1. The minimum atomic E-state index is -0.0808. The Hall–Kier alpha value is -1.37. The molecule has 0 radical (unpaired) electrons. The molecule has 0 atom stereocenters. The third-order valence-electron chi connectivity index (χ3n) is 4.04. The lowest BCUT2D eigenvalue weighted by Crippen LogP contribution is -2.30. The van der Waals surface area contributed by atoms with Gasteiger partial charge in [-0.15, -0.1) is 23.1 Å². The lowest BCUT2D eigenvalue weighted by atomic mass is 10.2. The topological polar surface area (TPSA) is 45.2 Å². The molecule has 4 nitrogen and oxygen atoms in total. The van der Waals surface area contributed by atoms with Gasteiger partial charge in [0.05, 0.1) is 5.69 Å². The highest BCUT2D eigenvalue weighted by Crippen LogP contribution is 2.29. The number of anilines is 1. The molecule has 0 aliphatic carbocycles. The number of nitrogens with one attached hydrogen (secondary N) is 1. The van der Waals surface area contributed by atoms with E-state index in [-0.39, 0.29) is 5.91 Å². The van der Waals surface area contributed by atoms with Crippen LogP contribution in [-0.2, 0) is 13.0 Å². The number of carbonyl (C=O) groups excluding carboxylic acids is 1. The molecule has 0 bridgehead atoms. The van der Waals surface area contributed by atoms with Gasteiger partial charge in [-0.3, -0.25) is 15.0 Å². The molecule has 25 heavy (non-hydrogen) atoms. The third kappa shape index (κ3) is 4.84. The number of rotatable bonds is 6. The normalized spacial score (nSPS) is 14.6. The smallest absolute Gasteiger partial charge is 0.257 e. The quantitative estimate of drug-likeness (QED) is 0.746. The van der Waals surface area contributed by atoms with Crippen molar-refractivity contribution in [1.82, 2.24) is 9.88 Å². The van der Waals surface area contributed by atoms with Gasteiger partial charge in [0.25, 0.3) is 5.91 Å². The number of nitrogens with zero attached hydrogens (tertiary/aromatic N) is 2. The van der Waals surface area contributed by atoms with Crippen molar-refractivity contribution < 1.29 is 4.79 Å². The van der Waals surface area contributed by atoms with E-state index in [1.54, 1.807) is 23.1 Å². The predicted octanol–water partition coefficient (Wildman–Crippen LogP) is 4.66. The van der Waals surface area contributed by atoms with Crippen molar-refractivity contribution in [3.05, 3.63) is 40.4 Å². The summed E-state index contributed by atoms with van der Waals surface area (Å²) in [6.45, 7) is 9.65. The molecule has 1 N–H and O–H groups in total. The summed E-state index contributed by atoms with van der Waals surface area (Å²) in [6, 6.07) is 7.80. The van der Waals surface area contributed by atoms with E-state index in [4.69, 9.17) is 0 Å². The van der Waals surface area contributed by atoms with Crippen LogP contribution in [0.15, 0.2) is 29.2 Å². The highest BCUT2D eigenvalue weighted by Gasteiger charge is 2.21. The van der Waals surface area contributed by atoms with Crippen LogP contribution in [0.2, 0.25) is 0 Å². The van der Waals surface area contributed by atoms with Crippen molar-refractivity contribution in [3.8, 4) is 0 Å². The van der Waals surface area contributed by atoms with Crippen LogP contribution in [0.4, 0.5) is 5.13 Å². The molecule has 6 heteroatoms. The first-order valence-corrected chi connectivity index (χ1v) is 10.5. The Labute approximate surface area is 158 Å². The highest BCUT2D eigenvalue weighted by molar-refractivity contribution is 7.99. The molecule has 0 unspecified atom stereocenters. The Morgan fingerprint density at radius 2 is 2.28 bits per heavy atom. The van der Waals surface area contributed by atoms with E-state index in [0.717, 1.165) is 41.8 Å². The summed E-state index contributed by atoms with van der Waals surface area (Å²) in [6.07, 6.45) is 2.14. The maximum atomic E-state index is 12.6. The van der Waals surface area contributed by atoms with Crippen LogP contribution in [0, 0.1) is 0 Å². The van der Waals surface area contributed by atoms with Gasteiger partial charge < -0.3 is 0 Å². The Morgan fingerprint density at radius 3 is 3.04 bits per heavy atom. The van der Waals surface area contributed by atoms with Gasteiger partial charge in [-0.25, -0.2) is 4.98 Å². The second-order valence-electron chi connectivity index (χ2n) is 6.56. The van der Waals surface area contributed by atoms with Gasteiger partial charge in [-0.05, 0) is 31.2 Å². The van der Waals surface area contributed by atoms with Gasteiger partial charge in [-0.2, -0.15) is 0 Å². The van der Waals surface area contributed by atoms with Gasteiger partial charge in [0.1, 0.15) is 0 Å². The van der Waals surface area contributed by atoms with Gasteiger partial charge in [0.2, 0.25) is 0 Å². The predicted molar refractivity (Wildman–Crippen MR) is 107 cm³/mol. The fourth-order valence-electron chi connectivity index (χ4n) is 2.96. The SMILES string of the molecule is CCCN1CCc2nc(NC(=O)c3cccc(SC(C)C)c3)sc2C1. The summed E-state index contributed by atoms with van der Waals surface area (Å²) in [5, 5.41) is 4.20. The Balaban J connectivity index is 1.68. The number of thioether (sulfide) groups is 1. The molecule has 2 aromatic rings. The summed E-state index contributed by atoms with van der Waals surface area (Å²) in [4.78, 5) is 22.1. The van der Waals surface area contributed by atoms with Crippen LogP contribution in [0.1, 0.15) is 48.1 Å². The third-order valence-corrected chi connectivity index (χ3v) is 6.03. The van der Waals surface area contributed by atoms with Crippen LogP contribution in [0.25, 0.3) is 0 Å². The van der Waals surface area contributed by atoms with E-state index >= 15 is 0 Å². The molecule has 134 valence electrons. The van der Waals surface area contributed by atoms with E-state index in [1.807, 2.05) is 24.3 Å². The number of thiazole rings is 1. The minimum Gasteiger partial charge on any atom is -0.298 e. The summed E-state index contributed by atoms with van der Waals surface area (Å²) >= 11 is 3.38. The number of hydrogen-bond acceptors (Lipinski definition) is 5. The van der Waals surface area contributed by atoms with Gasteiger partial charge in [0.15, 0.2) is 5.13 Å². The Bertz CT molecular complexity index is 742. The summed E-state index contributed by atoms with van der Waals surface area (Å²) < 4.78 is 0. The fourth-order valence-corrected chi connectivity index (χ4v) is 4.90. The molecule has 1 aliphatic heterocycles. The van der Waals surface area contributed by atoms with Gasteiger partial charge >= 0.3 is 0 Å². The van der Waals surface area contributed by atoms with Crippen molar-refractivity contribution in [1.29, 1.82) is 0 Å². The zero-order valence-electron chi connectivity index (χ0n) is 15.0. The Morgan fingerprint density at radius 1 is 1.44 bits per heavy atom. The van der Waals surface area contributed by atoms with E-state index in [1.165, 1.54) is 11.3 Å². The van der Waals surface area contributed by atoms with Crippen LogP contribution in [-0.4, -0.2) is 34.1 Å². The Kier molecular flexibility index (Phi) is 6.15. The lowest BCUT2D eigenvalue weighted by Gasteiger charge is -2.24. The van der Waals surface area contributed by atoms with Crippen molar-refractivity contribution >= 4 is 34.1 Å². The van der Waals surface area contributed by atoms with Crippen molar-refractivity contribution in [2.45, 2.75) is 50.3 Å². The monoisotopic (exact) mass is 375 g/mol. The lowest BCUT2D eigenvalue weighted by molar-refractivity contribution is 0.102. The average Bonchev–Trinajstić information content (AvgIpc) is 2.96. The summed E-state index contributed by atoms with van der Waals surface area (Å²) in [5.41, 5.74) is 1.84. The molecule has 1 aromatic carbocycles. The van der Waals surface area contributed by atoms with E-state index in [0.29, 0.717) is 10.8 Å². The van der Waals surface area contributed by atoms with Crippen molar-refractivity contribution in [3.63, 3.8) is 0 Å².